The molecule has 2 rings (SSSR count). The van der Waals surface area contributed by atoms with Crippen LogP contribution in [-0.4, -0.2) is 12.1 Å². The first-order chi connectivity index (χ1) is 14.3. The van der Waals surface area contributed by atoms with Gasteiger partial charge < -0.3 is 5.73 Å². The number of hydrogen-bond donors (Lipinski definition) is 1. The molecule has 0 bridgehead atoms. The predicted molar refractivity (Wildman–Crippen MR) is 114 cm³/mol. The number of amides is 1. The Balaban J connectivity index is 2.20. The first-order valence-electron chi connectivity index (χ1n) is 8.65. The maximum Gasteiger partial charge on any atom is 0.250 e. The molecule has 1 aliphatic rings. The van der Waals surface area contributed by atoms with Gasteiger partial charge in [-0.25, -0.2) is 0 Å². The normalized spacial score (nSPS) is 25.4. The molecule has 0 saturated heterocycles. The van der Waals surface area contributed by atoms with Gasteiger partial charge in [0.15, 0.2) is 5.75 Å². The summed E-state index contributed by atoms with van der Waals surface area (Å²) in [5.41, 5.74) is 6.23. The highest BCUT2D eigenvalue weighted by molar-refractivity contribution is 6.11. The molecule has 0 spiro atoms. The maximum absolute atomic E-state index is 11.4. The zero-order valence-corrected chi connectivity index (χ0v) is 15.5. The molecular weight excluding hydrogens is 368 g/mol. The first-order valence-corrected chi connectivity index (χ1v) is 8.65. The highest BCUT2D eigenvalue weighted by Gasteiger charge is 2.01. The molecule has 146 valence electrons. The average molecular weight is 388 g/mol. The summed E-state index contributed by atoms with van der Waals surface area (Å²) in [6, 6.07) is 7.25. The third-order valence-electron chi connectivity index (χ3n) is 3.31. The van der Waals surface area contributed by atoms with Gasteiger partial charge >= 0.3 is 0 Å². The average Bonchev–Trinajstić information content (AvgIpc) is 2.72. The van der Waals surface area contributed by atoms with Gasteiger partial charge in [0.05, 0.1) is 17.1 Å². The van der Waals surface area contributed by atoms with Crippen LogP contribution in [0.25, 0.3) is 6.08 Å². The van der Waals surface area contributed by atoms with Crippen LogP contribution in [0.5, 0.6) is 5.75 Å². The molecule has 0 atom stereocenters. The number of fused-ring (bicyclic) bond motifs is 1. The number of hydrogen-bond acceptors (Lipinski definition) is 6. The minimum Gasteiger partial charge on any atom is -0.366 e. The maximum atomic E-state index is 11.4. The molecule has 1 aliphatic heterocycles. The number of primary amides is 1. The van der Waals surface area contributed by atoms with Crippen LogP contribution >= 0.6 is 0 Å². The summed E-state index contributed by atoms with van der Waals surface area (Å²) in [5, 5.41) is 10.3. The Morgan fingerprint density at radius 3 is 2.14 bits per heavy atom. The van der Waals surface area contributed by atoms with Crippen molar-refractivity contribution in [1.82, 2.24) is 0 Å². The van der Waals surface area contributed by atoms with Gasteiger partial charge in [-0.3, -0.25) is 9.68 Å². The Morgan fingerprint density at radius 2 is 1.45 bits per heavy atom. The minimum atomic E-state index is -0.650. The van der Waals surface area contributed by atoms with Crippen LogP contribution in [0.4, 0.5) is 0 Å². The highest BCUT2D eigenvalue weighted by Crippen LogP contribution is 2.19. The fraction of sp³-hybridized carbons (Fsp3) is 0. The van der Waals surface area contributed by atoms with Crippen molar-refractivity contribution in [2.75, 3.05) is 0 Å². The zero-order chi connectivity index (χ0) is 20.6. The van der Waals surface area contributed by atoms with Gasteiger partial charge in [0, 0.05) is 5.56 Å². The van der Waals surface area contributed by atoms with Crippen molar-refractivity contribution >= 4 is 18.2 Å². The fourth-order valence-electron chi connectivity index (χ4n) is 1.96. The van der Waals surface area contributed by atoms with Crippen LogP contribution in [0.1, 0.15) is 5.56 Å². The molecule has 29 heavy (non-hydrogen) atoms. The van der Waals surface area contributed by atoms with E-state index in [0.29, 0.717) is 5.75 Å². The summed E-state index contributed by atoms with van der Waals surface area (Å²) < 4.78 is 0. The van der Waals surface area contributed by atoms with Gasteiger partial charge in [0.1, 0.15) is 0 Å². The number of nitrogens with two attached hydrogens (primary N) is 1. The molecule has 1 aromatic rings. The molecule has 0 unspecified atom stereocenters. The minimum absolute atomic E-state index is 0.150. The second kappa shape index (κ2) is 13.0. The summed E-state index contributed by atoms with van der Waals surface area (Å²) in [6.07, 6.45) is 24.9. The smallest absolute Gasteiger partial charge is 0.250 e. The van der Waals surface area contributed by atoms with Gasteiger partial charge in [0.2, 0.25) is 5.91 Å². The van der Waals surface area contributed by atoms with E-state index in [4.69, 9.17) is 10.6 Å². The van der Waals surface area contributed by atoms with E-state index in [1.54, 1.807) is 24.3 Å². The SMILES string of the molecule is NC(=O)C1=C/C=C\C=C/C=C\C=C/C=C/C=C\c2ccccc2OO\N=N/N=C\1. The van der Waals surface area contributed by atoms with Crippen LogP contribution in [0.3, 0.4) is 0 Å². The number of rotatable bonds is 1. The predicted octanol–water partition coefficient (Wildman–Crippen LogP) is 4.57. The lowest BCUT2D eigenvalue weighted by molar-refractivity contribution is -0.216. The molecule has 1 aromatic carbocycles. The van der Waals surface area contributed by atoms with Gasteiger partial charge in [-0.2, -0.15) is 0 Å². The van der Waals surface area contributed by atoms with Gasteiger partial charge in [-0.05, 0) is 17.4 Å². The Hall–Kier alpha value is -4.26. The summed E-state index contributed by atoms with van der Waals surface area (Å²) in [7, 11) is 0. The molecule has 0 saturated carbocycles. The standard InChI is InChI=1S/C22H20N4O3/c23-22(27)20-16-11-9-7-5-3-1-2-4-6-8-10-14-19-15-12-13-17-21(19)28-29-26-25-24-18-20/h1-18H,(H2,23,27)/b3-1-,4-2-,7-5-,8-6+,11-9-,14-10-,20-16+,24-18-,26-25-. The number of carbonyl (C=O) groups is 1. The number of allylic oxidation sites excluding steroid dienone is 12. The summed E-state index contributed by atoms with van der Waals surface area (Å²) in [6.45, 7) is 0. The number of nitrogens with zero attached hydrogens (tertiary/aromatic N) is 3. The van der Waals surface area contributed by atoms with E-state index in [1.807, 2.05) is 72.9 Å². The molecule has 7 heteroatoms. The summed E-state index contributed by atoms with van der Waals surface area (Å²) in [5.74, 6) is -0.196. The molecule has 7 nitrogen and oxygen atoms in total. The molecule has 1 heterocycles. The molecule has 1 amide bonds. The lowest BCUT2D eigenvalue weighted by atomic mass is 10.2. The molecular formula is C22H20N4O3. The monoisotopic (exact) mass is 388 g/mol. The van der Waals surface area contributed by atoms with Crippen molar-refractivity contribution in [3.8, 4) is 5.75 Å². The third kappa shape index (κ3) is 8.78. The number of para-hydroxylation sites is 1. The topological polar surface area (TPSA) is 98.6 Å². The van der Waals surface area contributed by atoms with Crippen molar-refractivity contribution in [3.05, 3.63) is 108 Å². The van der Waals surface area contributed by atoms with Gasteiger partial charge in [-0.1, -0.05) is 91.1 Å². The first kappa shape index (κ1) is 21.0. The van der Waals surface area contributed by atoms with E-state index in [0.717, 1.165) is 5.56 Å². The molecule has 0 radical (unpaired) electrons. The lowest BCUT2D eigenvalue weighted by Gasteiger charge is -2.02. The van der Waals surface area contributed by atoms with Crippen molar-refractivity contribution in [2.24, 2.45) is 21.3 Å². The number of carbonyl (C=O) groups excluding carboxylic acids is 1. The Bertz CT molecular complexity index is 949. The number of benzene rings is 1. The van der Waals surface area contributed by atoms with Gasteiger partial charge in [0.25, 0.3) is 0 Å². The van der Waals surface area contributed by atoms with E-state index in [-0.39, 0.29) is 5.57 Å². The van der Waals surface area contributed by atoms with Crippen molar-refractivity contribution in [2.45, 2.75) is 0 Å². The zero-order valence-electron chi connectivity index (χ0n) is 15.5. The van der Waals surface area contributed by atoms with Crippen molar-refractivity contribution in [3.63, 3.8) is 0 Å². The Labute approximate surface area is 168 Å². The second-order valence-corrected chi connectivity index (χ2v) is 5.38. The van der Waals surface area contributed by atoms with E-state index in [9.17, 15) is 4.79 Å². The molecule has 0 aromatic heterocycles. The van der Waals surface area contributed by atoms with E-state index < -0.39 is 5.91 Å². The highest BCUT2D eigenvalue weighted by atomic mass is 17.3. The van der Waals surface area contributed by atoms with Crippen LogP contribution in [0.15, 0.2) is 118 Å². The van der Waals surface area contributed by atoms with E-state index in [1.165, 1.54) is 12.3 Å². The van der Waals surface area contributed by atoms with Crippen LogP contribution in [0.2, 0.25) is 0 Å². The van der Waals surface area contributed by atoms with E-state index in [2.05, 4.69) is 20.6 Å². The van der Waals surface area contributed by atoms with Crippen molar-refractivity contribution in [1.29, 1.82) is 0 Å². The van der Waals surface area contributed by atoms with Crippen LogP contribution in [-0.2, 0) is 9.78 Å². The third-order valence-corrected chi connectivity index (χ3v) is 3.31. The largest absolute Gasteiger partial charge is 0.366 e. The van der Waals surface area contributed by atoms with Crippen LogP contribution in [0, 0.1) is 0 Å². The van der Waals surface area contributed by atoms with Crippen molar-refractivity contribution < 1.29 is 14.7 Å². The molecule has 0 aliphatic carbocycles. The van der Waals surface area contributed by atoms with Crippen LogP contribution < -0.4 is 10.6 Å². The lowest BCUT2D eigenvalue weighted by Crippen LogP contribution is -2.14. The molecule has 0 fully saturated rings. The van der Waals surface area contributed by atoms with Gasteiger partial charge in [-0.15, -0.1) is 10.1 Å². The van der Waals surface area contributed by atoms with E-state index >= 15 is 0 Å². The summed E-state index contributed by atoms with van der Waals surface area (Å²) >= 11 is 0. The Kier molecular flexibility index (Phi) is 9.43. The molecule has 2 N–H and O–H groups in total. The quantitative estimate of drug-likeness (QED) is 0.713. The summed E-state index contributed by atoms with van der Waals surface area (Å²) in [4.78, 5) is 21.2. The second-order valence-electron chi connectivity index (χ2n) is 5.38. The fourth-order valence-corrected chi connectivity index (χ4v) is 1.96. The Morgan fingerprint density at radius 1 is 0.828 bits per heavy atom.